The molecular formula is C20H18N2O4S. The van der Waals surface area contributed by atoms with Crippen molar-refractivity contribution in [1.29, 1.82) is 0 Å². The zero-order chi connectivity index (χ0) is 19.7. The molecule has 2 aromatic rings. The summed E-state index contributed by atoms with van der Waals surface area (Å²) in [5, 5.41) is 12.5. The van der Waals surface area contributed by atoms with E-state index in [9.17, 15) is 14.7 Å². The average molecular weight is 382 g/mol. The molecule has 1 heterocycles. The molecule has 2 N–H and O–H groups in total. The molecule has 1 saturated heterocycles. The highest BCUT2D eigenvalue weighted by Crippen LogP contribution is 2.28. The Morgan fingerprint density at radius 3 is 2.37 bits per heavy atom. The number of phenolic OH excluding ortho intramolecular Hbond substituents is 1. The number of benzene rings is 2. The summed E-state index contributed by atoms with van der Waals surface area (Å²) >= 11 is 5.21. The van der Waals surface area contributed by atoms with E-state index in [0.717, 1.165) is 11.1 Å². The maximum absolute atomic E-state index is 13.0. The third-order valence-corrected chi connectivity index (χ3v) is 4.36. The van der Waals surface area contributed by atoms with Crippen molar-refractivity contribution in [1.82, 2.24) is 5.32 Å². The van der Waals surface area contributed by atoms with Crippen molar-refractivity contribution >= 4 is 40.9 Å². The van der Waals surface area contributed by atoms with Gasteiger partial charge < -0.3 is 9.84 Å². The Kier molecular flexibility index (Phi) is 4.96. The molecule has 6 nitrogen and oxygen atoms in total. The average Bonchev–Trinajstić information content (AvgIpc) is 2.57. The molecule has 2 aromatic carbocycles. The number of hydrogen-bond acceptors (Lipinski definition) is 5. The van der Waals surface area contributed by atoms with Crippen LogP contribution in [0.3, 0.4) is 0 Å². The molecule has 1 aliphatic heterocycles. The topological polar surface area (TPSA) is 78.9 Å². The predicted molar refractivity (Wildman–Crippen MR) is 107 cm³/mol. The van der Waals surface area contributed by atoms with Gasteiger partial charge in [-0.3, -0.25) is 19.8 Å². The number of thiocarbonyl (C=S) groups is 1. The fourth-order valence-electron chi connectivity index (χ4n) is 2.94. The molecule has 7 heteroatoms. The van der Waals surface area contributed by atoms with Gasteiger partial charge in [0.25, 0.3) is 11.8 Å². The normalized spacial score (nSPS) is 15.9. The van der Waals surface area contributed by atoms with Crippen LogP contribution in [0.1, 0.15) is 16.7 Å². The Balaban J connectivity index is 2.03. The first kappa shape index (κ1) is 18.6. The van der Waals surface area contributed by atoms with Crippen LogP contribution < -0.4 is 15.0 Å². The minimum atomic E-state index is -0.582. The molecular weight excluding hydrogens is 364 g/mol. The van der Waals surface area contributed by atoms with Crippen LogP contribution in [0.25, 0.3) is 6.08 Å². The second-order valence-corrected chi connectivity index (χ2v) is 6.62. The maximum atomic E-state index is 13.0. The number of carbonyl (C=O) groups is 2. The minimum Gasteiger partial charge on any atom is -0.504 e. The molecule has 3 rings (SSSR count). The van der Waals surface area contributed by atoms with E-state index in [-0.39, 0.29) is 16.4 Å². The van der Waals surface area contributed by atoms with E-state index < -0.39 is 11.8 Å². The Bertz CT molecular complexity index is 977. The van der Waals surface area contributed by atoms with Gasteiger partial charge in [0, 0.05) is 0 Å². The number of aryl methyl sites for hydroxylation is 2. The summed E-state index contributed by atoms with van der Waals surface area (Å²) in [7, 11) is 1.44. The van der Waals surface area contributed by atoms with Crippen LogP contribution in [0.5, 0.6) is 11.5 Å². The van der Waals surface area contributed by atoms with Crippen LogP contribution in [-0.4, -0.2) is 29.1 Å². The molecule has 1 aliphatic rings. The molecule has 0 spiro atoms. The predicted octanol–water partition coefficient (Wildman–Crippen LogP) is 2.85. The molecule has 2 amide bonds. The van der Waals surface area contributed by atoms with Crippen LogP contribution in [-0.2, 0) is 9.59 Å². The molecule has 0 unspecified atom stereocenters. The number of anilines is 1. The van der Waals surface area contributed by atoms with Gasteiger partial charge in [-0.15, -0.1) is 0 Å². The number of aromatic hydroxyl groups is 1. The van der Waals surface area contributed by atoms with Crippen molar-refractivity contribution in [2.75, 3.05) is 12.0 Å². The van der Waals surface area contributed by atoms with Gasteiger partial charge >= 0.3 is 0 Å². The zero-order valence-electron chi connectivity index (χ0n) is 15.1. The lowest BCUT2D eigenvalue weighted by molar-refractivity contribution is -0.122. The molecule has 0 radical (unpaired) electrons. The fraction of sp³-hybridized carbons (Fsp3) is 0.150. The van der Waals surface area contributed by atoms with Gasteiger partial charge in [-0.05, 0) is 73.1 Å². The number of methoxy groups -OCH3 is 1. The van der Waals surface area contributed by atoms with E-state index >= 15 is 0 Å². The van der Waals surface area contributed by atoms with E-state index in [1.54, 1.807) is 12.1 Å². The highest BCUT2D eigenvalue weighted by Gasteiger charge is 2.34. The highest BCUT2D eigenvalue weighted by atomic mass is 32.1. The summed E-state index contributed by atoms with van der Waals surface area (Å²) < 4.78 is 5.00. The summed E-state index contributed by atoms with van der Waals surface area (Å²) in [5.74, 6) is -0.892. The largest absolute Gasteiger partial charge is 0.504 e. The molecule has 27 heavy (non-hydrogen) atoms. The minimum absolute atomic E-state index is 0.0322. The van der Waals surface area contributed by atoms with Crippen molar-refractivity contribution in [3.63, 3.8) is 0 Å². The van der Waals surface area contributed by atoms with Gasteiger partial charge in [-0.1, -0.05) is 12.1 Å². The molecule has 1 fully saturated rings. The van der Waals surface area contributed by atoms with Gasteiger partial charge in [0.15, 0.2) is 16.6 Å². The van der Waals surface area contributed by atoms with E-state index in [1.165, 1.54) is 24.2 Å². The standard InChI is InChI=1S/C20H18N2O4S/c1-11-6-12(2)8-14(7-11)22-19(25)15(18(24)21-20(22)27)9-13-4-5-17(26-3)16(23)10-13/h4-10,23H,1-3H3,(H,21,24,27). The van der Waals surface area contributed by atoms with Crippen molar-refractivity contribution in [3.8, 4) is 11.5 Å². The van der Waals surface area contributed by atoms with Crippen LogP contribution >= 0.6 is 12.2 Å². The van der Waals surface area contributed by atoms with Gasteiger partial charge in [-0.25, -0.2) is 0 Å². The number of nitrogens with one attached hydrogen (secondary N) is 1. The molecule has 0 atom stereocenters. The first-order valence-electron chi connectivity index (χ1n) is 8.17. The fourth-order valence-corrected chi connectivity index (χ4v) is 3.22. The summed E-state index contributed by atoms with van der Waals surface area (Å²) in [4.78, 5) is 26.6. The summed E-state index contributed by atoms with van der Waals surface area (Å²) in [6.45, 7) is 3.84. The molecule has 0 aliphatic carbocycles. The Labute approximate surface area is 162 Å². The summed E-state index contributed by atoms with van der Waals surface area (Å²) in [5.41, 5.74) is 2.95. The zero-order valence-corrected chi connectivity index (χ0v) is 15.9. The molecule has 0 aromatic heterocycles. The van der Waals surface area contributed by atoms with E-state index in [1.807, 2.05) is 32.0 Å². The monoisotopic (exact) mass is 382 g/mol. The lowest BCUT2D eigenvalue weighted by atomic mass is 10.1. The summed E-state index contributed by atoms with van der Waals surface area (Å²) in [6, 6.07) is 10.2. The second-order valence-electron chi connectivity index (χ2n) is 6.24. The second kappa shape index (κ2) is 7.20. The number of ether oxygens (including phenoxy) is 1. The number of carbonyl (C=O) groups excluding carboxylic acids is 2. The van der Waals surface area contributed by atoms with Gasteiger partial charge in [0.05, 0.1) is 12.8 Å². The lowest BCUT2D eigenvalue weighted by Gasteiger charge is -2.29. The van der Waals surface area contributed by atoms with E-state index in [0.29, 0.717) is 17.0 Å². The van der Waals surface area contributed by atoms with Crippen molar-refractivity contribution in [3.05, 3.63) is 58.7 Å². The van der Waals surface area contributed by atoms with Gasteiger partial charge in [0.2, 0.25) is 0 Å². The first-order chi connectivity index (χ1) is 12.8. The number of nitrogens with zero attached hydrogens (tertiary/aromatic N) is 1. The van der Waals surface area contributed by atoms with E-state index in [2.05, 4.69) is 5.32 Å². The van der Waals surface area contributed by atoms with Crippen molar-refractivity contribution in [2.24, 2.45) is 0 Å². The highest BCUT2D eigenvalue weighted by molar-refractivity contribution is 7.80. The first-order valence-corrected chi connectivity index (χ1v) is 8.57. The Hall–Kier alpha value is -3.19. The van der Waals surface area contributed by atoms with Gasteiger partial charge in [0.1, 0.15) is 5.57 Å². The maximum Gasteiger partial charge on any atom is 0.270 e. The summed E-state index contributed by atoms with van der Waals surface area (Å²) in [6.07, 6.45) is 1.41. The van der Waals surface area contributed by atoms with E-state index in [4.69, 9.17) is 17.0 Å². The van der Waals surface area contributed by atoms with Gasteiger partial charge in [-0.2, -0.15) is 0 Å². The third kappa shape index (κ3) is 3.68. The van der Waals surface area contributed by atoms with Crippen molar-refractivity contribution < 1.29 is 19.4 Å². The number of amides is 2. The van der Waals surface area contributed by atoms with Crippen molar-refractivity contribution in [2.45, 2.75) is 13.8 Å². The Morgan fingerprint density at radius 2 is 1.78 bits per heavy atom. The van der Waals surface area contributed by atoms with Crippen LogP contribution in [0.2, 0.25) is 0 Å². The lowest BCUT2D eigenvalue weighted by Crippen LogP contribution is -2.54. The quantitative estimate of drug-likeness (QED) is 0.485. The molecule has 0 saturated carbocycles. The van der Waals surface area contributed by atoms with Crippen LogP contribution in [0, 0.1) is 13.8 Å². The SMILES string of the molecule is COc1ccc(C=C2C(=O)NC(=S)N(c3cc(C)cc(C)c3)C2=O)cc1O. The Morgan fingerprint density at radius 1 is 1.11 bits per heavy atom. The smallest absolute Gasteiger partial charge is 0.270 e. The van der Waals surface area contributed by atoms with Crippen LogP contribution in [0.4, 0.5) is 5.69 Å². The molecule has 0 bridgehead atoms. The number of hydrogen-bond donors (Lipinski definition) is 2. The van der Waals surface area contributed by atoms with Crippen LogP contribution in [0.15, 0.2) is 42.0 Å². The molecule has 138 valence electrons. The number of phenols is 1. The number of rotatable bonds is 3. The third-order valence-electron chi connectivity index (χ3n) is 4.08.